The average Bonchev–Trinajstić information content (AvgIpc) is 3.01. The summed E-state index contributed by atoms with van der Waals surface area (Å²) in [5, 5.41) is 14.5. The van der Waals surface area contributed by atoms with Gasteiger partial charge in [-0.25, -0.2) is 0 Å². The van der Waals surface area contributed by atoms with Gasteiger partial charge >= 0.3 is 0 Å². The maximum absolute atomic E-state index is 12.2. The molecule has 27 heavy (non-hydrogen) atoms. The Labute approximate surface area is 161 Å². The molecule has 0 aliphatic carbocycles. The van der Waals surface area contributed by atoms with Crippen molar-refractivity contribution in [2.75, 3.05) is 10.6 Å². The number of Topliss-reactive ketones (excluding diaryl/α,β-unsaturated/α-hetero) is 1. The first-order chi connectivity index (χ1) is 12.7. The molecule has 1 aromatic heterocycles. The third-order valence-electron chi connectivity index (χ3n) is 3.53. The van der Waals surface area contributed by atoms with Gasteiger partial charge in [0, 0.05) is 29.3 Å². The van der Waals surface area contributed by atoms with E-state index in [0.29, 0.717) is 22.3 Å². The van der Waals surface area contributed by atoms with Gasteiger partial charge in [0.1, 0.15) is 5.01 Å². The number of benzene rings is 1. The van der Waals surface area contributed by atoms with Crippen molar-refractivity contribution in [2.45, 2.75) is 34.1 Å². The Morgan fingerprint density at radius 1 is 1.07 bits per heavy atom. The Morgan fingerprint density at radius 2 is 1.74 bits per heavy atom. The Kier molecular flexibility index (Phi) is 6.95. The second-order valence-corrected chi connectivity index (χ2v) is 7.57. The number of carbonyl (C=O) groups excluding carboxylic acids is 3. The lowest BCUT2D eigenvalue weighted by Gasteiger charge is -2.04. The first-order valence-corrected chi connectivity index (χ1v) is 9.30. The van der Waals surface area contributed by atoms with Gasteiger partial charge in [0.15, 0.2) is 5.78 Å². The van der Waals surface area contributed by atoms with Crippen LogP contribution >= 0.6 is 11.3 Å². The van der Waals surface area contributed by atoms with Crippen LogP contribution in [0.15, 0.2) is 35.9 Å². The van der Waals surface area contributed by atoms with Gasteiger partial charge in [-0.1, -0.05) is 25.2 Å². The van der Waals surface area contributed by atoms with Crippen LogP contribution in [0, 0.1) is 5.92 Å². The van der Waals surface area contributed by atoms with E-state index in [2.05, 4.69) is 34.7 Å². The molecule has 0 fully saturated rings. The molecule has 0 atom stereocenters. The molecule has 0 unspecified atom stereocenters. The topological polar surface area (TPSA) is 101 Å². The van der Waals surface area contributed by atoms with Gasteiger partial charge in [-0.2, -0.15) is 0 Å². The highest BCUT2D eigenvalue weighted by atomic mass is 32.1. The zero-order chi connectivity index (χ0) is 20.0. The number of ketones is 1. The van der Waals surface area contributed by atoms with E-state index in [0.717, 1.165) is 11.4 Å². The van der Waals surface area contributed by atoms with E-state index in [-0.39, 0.29) is 11.4 Å². The molecular formula is C19H22N4O3S. The van der Waals surface area contributed by atoms with Crippen LogP contribution in [0.3, 0.4) is 0 Å². The summed E-state index contributed by atoms with van der Waals surface area (Å²) in [6, 6.07) is 6.53. The average molecular weight is 386 g/mol. The number of amides is 2. The minimum Gasteiger partial charge on any atom is -0.323 e. The standard InChI is InChI=1S/C19H22N4O3S/c1-11(2)9-17-22-23-19(27-17)21-18(26)12(3)10-16(25)20-15-7-5-14(6-8-15)13(4)24/h5-8,10-11H,9H2,1-4H3,(H,20,25)(H,21,23,26)/b12-10-. The van der Waals surface area contributed by atoms with Gasteiger partial charge in [0.2, 0.25) is 11.0 Å². The zero-order valence-electron chi connectivity index (χ0n) is 15.7. The minimum atomic E-state index is -0.434. The van der Waals surface area contributed by atoms with Crippen LogP contribution in [0.5, 0.6) is 0 Å². The molecule has 7 nitrogen and oxygen atoms in total. The molecular weight excluding hydrogens is 364 g/mol. The number of hydrogen-bond donors (Lipinski definition) is 2. The Hall–Kier alpha value is -2.87. The van der Waals surface area contributed by atoms with E-state index >= 15 is 0 Å². The highest BCUT2D eigenvalue weighted by Crippen LogP contribution is 2.19. The Balaban J connectivity index is 1.94. The van der Waals surface area contributed by atoms with Gasteiger partial charge < -0.3 is 5.32 Å². The van der Waals surface area contributed by atoms with Crippen LogP contribution in [0.1, 0.15) is 43.1 Å². The highest BCUT2D eigenvalue weighted by molar-refractivity contribution is 7.15. The third kappa shape index (κ3) is 6.41. The lowest BCUT2D eigenvalue weighted by Crippen LogP contribution is -2.16. The van der Waals surface area contributed by atoms with E-state index in [9.17, 15) is 14.4 Å². The van der Waals surface area contributed by atoms with Gasteiger partial charge in [0.25, 0.3) is 5.91 Å². The van der Waals surface area contributed by atoms with Crippen LogP contribution in [-0.4, -0.2) is 27.8 Å². The number of nitrogens with one attached hydrogen (secondary N) is 2. The van der Waals surface area contributed by atoms with Gasteiger partial charge in [-0.15, -0.1) is 10.2 Å². The quantitative estimate of drug-likeness (QED) is 0.560. The lowest BCUT2D eigenvalue weighted by atomic mass is 10.1. The molecule has 0 aliphatic rings. The van der Waals surface area contributed by atoms with Crippen molar-refractivity contribution in [3.05, 3.63) is 46.5 Å². The fourth-order valence-corrected chi connectivity index (χ4v) is 3.11. The molecule has 2 N–H and O–H groups in total. The van der Waals surface area contributed by atoms with Crippen molar-refractivity contribution in [1.29, 1.82) is 0 Å². The van der Waals surface area contributed by atoms with Gasteiger partial charge in [-0.3, -0.25) is 19.7 Å². The molecule has 142 valence electrons. The van der Waals surface area contributed by atoms with Crippen LogP contribution in [0.4, 0.5) is 10.8 Å². The van der Waals surface area contributed by atoms with Crippen molar-refractivity contribution >= 4 is 39.8 Å². The second kappa shape index (κ2) is 9.18. The SMILES string of the molecule is CC(=O)c1ccc(NC(=O)/C=C(/C)C(=O)Nc2nnc(CC(C)C)s2)cc1. The third-order valence-corrected chi connectivity index (χ3v) is 4.40. The van der Waals surface area contributed by atoms with Crippen molar-refractivity contribution in [2.24, 2.45) is 5.92 Å². The molecule has 2 amide bonds. The predicted molar refractivity (Wildman–Crippen MR) is 106 cm³/mol. The van der Waals surface area contributed by atoms with Crippen LogP contribution < -0.4 is 10.6 Å². The molecule has 8 heteroatoms. The second-order valence-electron chi connectivity index (χ2n) is 6.50. The Bertz CT molecular complexity index is 869. The number of hydrogen-bond acceptors (Lipinski definition) is 6. The van der Waals surface area contributed by atoms with Gasteiger partial charge in [0.05, 0.1) is 0 Å². The molecule has 1 heterocycles. The molecule has 0 aliphatic heterocycles. The summed E-state index contributed by atoms with van der Waals surface area (Å²) in [6.45, 7) is 7.18. The van der Waals surface area contributed by atoms with Crippen LogP contribution in [0.25, 0.3) is 0 Å². The zero-order valence-corrected chi connectivity index (χ0v) is 16.5. The smallest absolute Gasteiger partial charge is 0.253 e. The summed E-state index contributed by atoms with van der Waals surface area (Å²) in [6.07, 6.45) is 2.01. The number of nitrogens with zero attached hydrogens (tertiary/aromatic N) is 2. The van der Waals surface area contributed by atoms with Crippen molar-refractivity contribution in [3.8, 4) is 0 Å². The van der Waals surface area contributed by atoms with E-state index in [1.807, 2.05) is 0 Å². The summed E-state index contributed by atoms with van der Waals surface area (Å²) >= 11 is 1.32. The molecule has 2 rings (SSSR count). The maximum Gasteiger partial charge on any atom is 0.253 e. The van der Waals surface area contributed by atoms with E-state index in [4.69, 9.17) is 0 Å². The summed E-state index contributed by atoms with van der Waals surface area (Å²) in [7, 11) is 0. The Morgan fingerprint density at radius 3 is 2.33 bits per heavy atom. The normalized spacial score (nSPS) is 11.4. The fraction of sp³-hybridized carbons (Fsp3) is 0.316. The monoisotopic (exact) mass is 386 g/mol. The number of rotatable bonds is 7. The molecule has 0 bridgehead atoms. The number of carbonyl (C=O) groups is 3. The minimum absolute atomic E-state index is 0.0477. The fourth-order valence-electron chi connectivity index (χ4n) is 2.16. The highest BCUT2D eigenvalue weighted by Gasteiger charge is 2.12. The van der Waals surface area contributed by atoms with E-state index < -0.39 is 11.8 Å². The number of anilines is 2. The molecule has 0 spiro atoms. The lowest BCUT2D eigenvalue weighted by molar-refractivity contribution is -0.114. The van der Waals surface area contributed by atoms with Crippen molar-refractivity contribution < 1.29 is 14.4 Å². The molecule has 0 saturated carbocycles. The van der Waals surface area contributed by atoms with Crippen molar-refractivity contribution in [3.63, 3.8) is 0 Å². The van der Waals surface area contributed by atoms with Crippen molar-refractivity contribution in [1.82, 2.24) is 10.2 Å². The molecule has 1 aromatic carbocycles. The van der Waals surface area contributed by atoms with E-state index in [1.165, 1.54) is 24.3 Å². The molecule has 0 saturated heterocycles. The first kappa shape index (κ1) is 20.4. The van der Waals surface area contributed by atoms with E-state index in [1.54, 1.807) is 31.2 Å². The summed E-state index contributed by atoms with van der Waals surface area (Å²) in [5.74, 6) is -0.440. The molecule has 0 radical (unpaired) electrons. The summed E-state index contributed by atoms with van der Waals surface area (Å²) in [4.78, 5) is 35.5. The molecule has 2 aromatic rings. The van der Waals surface area contributed by atoms with Gasteiger partial charge in [-0.05, 0) is 44.0 Å². The summed E-state index contributed by atoms with van der Waals surface area (Å²) in [5.41, 5.74) is 1.35. The summed E-state index contributed by atoms with van der Waals surface area (Å²) < 4.78 is 0. The van der Waals surface area contributed by atoms with Crippen LogP contribution in [0.2, 0.25) is 0 Å². The largest absolute Gasteiger partial charge is 0.323 e. The predicted octanol–water partition coefficient (Wildman–Crippen LogP) is 3.46. The van der Waals surface area contributed by atoms with Crippen LogP contribution in [-0.2, 0) is 16.0 Å². The number of aromatic nitrogens is 2. The maximum atomic E-state index is 12.2. The first-order valence-electron chi connectivity index (χ1n) is 8.48.